The molecule has 4 nitrogen and oxygen atoms in total. The van der Waals surface area contributed by atoms with E-state index < -0.39 is 0 Å². The minimum Gasteiger partial charge on any atom is -0.493 e. The smallest absolute Gasteiger partial charge is 0.254 e. The molecule has 1 heterocycles. The lowest BCUT2D eigenvalue weighted by atomic mass is 9.90. The summed E-state index contributed by atoms with van der Waals surface area (Å²) < 4.78 is 5.69. The number of hydrogen-bond donors (Lipinski definition) is 1. The molecule has 0 bridgehead atoms. The maximum atomic E-state index is 12.6. The summed E-state index contributed by atoms with van der Waals surface area (Å²) in [5, 5.41) is 0. The molecule has 0 aliphatic carbocycles. The first-order valence-corrected chi connectivity index (χ1v) is 7.66. The van der Waals surface area contributed by atoms with Crippen molar-refractivity contribution in [3.05, 3.63) is 29.8 Å². The van der Waals surface area contributed by atoms with Crippen molar-refractivity contribution in [2.24, 2.45) is 17.1 Å². The van der Waals surface area contributed by atoms with E-state index in [9.17, 15) is 4.79 Å². The highest BCUT2D eigenvalue weighted by atomic mass is 16.5. The van der Waals surface area contributed by atoms with E-state index in [0.717, 1.165) is 25.3 Å². The highest BCUT2D eigenvalue weighted by Gasteiger charge is 2.35. The Hall–Kier alpha value is -1.55. The number of benzene rings is 1. The lowest BCUT2D eigenvalue weighted by Gasteiger charge is -2.22. The molecule has 4 heteroatoms. The molecule has 1 aromatic rings. The molecular weight excluding hydrogens is 264 g/mol. The SMILES string of the molecule is CC(C)COc1cccc(C(=O)N2CCC(C)(CN)C2)c1. The average Bonchev–Trinajstić information content (AvgIpc) is 2.88. The number of likely N-dealkylation sites (tertiary alicyclic amines) is 1. The molecule has 1 aliphatic rings. The highest BCUT2D eigenvalue weighted by molar-refractivity contribution is 5.94. The molecule has 0 saturated carbocycles. The Balaban J connectivity index is 2.04. The first-order valence-electron chi connectivity index (χ1n) is 7.66. The molecule has 2 N–H and O–H groups in total. The van der Waals surface area contributed by atoms with Crippen molar-refractivity contribution in [2.45, 2.75) is 27.2 Å². The summed E-state index contributed by atoms with van der Waals surface area (Å²) in [5.74, 6) is 1.30. The van der Waals surface area contributed by atoms with Crippen LogP contribution in [-0.2, 0) is 0 Å². The van der Waals surface area contributed by atoms with Crippen LogP contribution in [0.15, 0.2) is 24.3 Å². The predicted octanol–water partition coefficient (Wildman–Crippen LogP) is 2.53. The molecule has 1 atom stereocenters. The zero-order chi connectivity index (χ0) is 15.5. The fourth-order valence-electron chi connectivity index (χ4n) is 2.53. The summed E-state index contributed by atoms with van der Waals surface area (Å²) in [6.07, 6.45) is 0.971. The first-order chi connectivity index (χ1) is 9.93. The van der Waals surface area contributed by atoms with Crippen molar-refractivity contribution in [3.63, 3.8) is 0 Å². The summed E-state index contributed by atoms with van der Waals surface area (Å²) in [6.45, 7) is 9.15. The van der Waals surface area contributed by atoms with Gasteiger partial charge in [-0.2, -0.15) is 0 Å². The zero-order valence-corrected chi connectivity index (χ0v) is 13.3. The molecule has 0 aromatic heterocycles. The second-order valence-corrected chi connectivity index (χ2v) is 6.72. The summed E-state index contributed by atoms with van der Waals surface area (Å²) in [7, 11) is 0. The second kappa shape index (κ2) is 6.48. The van der Waals surface area contributed by atoms with E-state index in [0.29, 0.717) is 24.6 Å². The van der Waals surface area contributed by atoms with Gasteiger partial charge in [0.05, 0.1) is 6.61 Å². The maximum Gasteiger partial charge on any atom is 0.254 e. The van der Waals surface area contributed by atoms with Crippen LogP contribution in [-0.4, -0.2) is 37.0 Å². The van der Waals surface area contributed by atoms with E-state index in [-0.39, 0.29) is 11.3 Å². The third-order valence-corrected chi connectivity index (χ3v) is 4.00. The monoisotopic (exact) mass is 290 g/mol. The van der Waals surface area contributed by atoms with Crippen LogP contribution in [0.1, 0.15) is 37.6 Å². The third-order valence-electron chi connectivity index (χ3n) is 4.00. The van der Waals surface area contributed by atoms with E-state index in [1.807, 2.05) is 29.2 Å². The molecule has 1 amide bonds. The summed E-state index contributed by atoms with van der Waals surface area (Å²) in [6, 6.07) is 7.46. The number of nitrogens with zero attached hydrogens (tertiary/aromatic N) is 1. The molecule has 116 valence electrons. The van der Waals surface area contributed by atoms with Crippen LogP contribution in [0, 0.1) is 11.3 Å². The van der Waals surface area contributed by atoms with Gasteiger partial charge in [-0.15, -0.1) is 0 Å². The number of rotatable bonds is 5. The molecule has 0 radical (unpaired) electrons. The molecular formula is C17H26N2O2. The van der Waals surface area contributed by atoms with Crippen molar-refractivity contribution in [3.8, 4) is 5.75 Å². The van der Waals surface area contributed by atoms with Crippen LogP contribution < -0.4 is 10.5 Å². The average molecular weight is 290 g/mol. The Morgan fingerprint density at radius 2 is 2.24 bits per heavy atom. The quantitative estimate of drug-likeness (QED) is 0.906. The van der Waals surface area contributed by atoms with Gasteiger partial charge in [0.2, 0.25) is 0 Å². The van der Waals surface area contributed by atoms with Gasteiger partial charge in [-0.05, 0) is 42.5 Å². The number of nitrogens with two attached hydrogens (primary N) is 1. The minimum absolute atomic E-state index is 0.0570. The van der Waals surface area contributed by atoms with Crippen molar-refractivity contribution in [1.82, 2.24) is 4.90 Å². The molecule has 1 saturated heterocycles. The number of amides is 1. The number of carbonyl (C=O) groups excluding carboxylic acids is 1. The molecule has 2 rings (SSSR count). The maximum absolute atomic E-state index is 12.6. The van der Waals surface area contributed by atoms with Gasteiger partial charge in [-0.1, -0.05) is 26.8 Å². The normalized spacial score (nSPS) is 21.9. The lowest BCUT2D eigenvalue weighted by molar-refractivity contribution is 0.0776. The fourth-order valence-corrected chi connectivity index (χ4v) is 2.53. The predicted molar refractivity (Wildman–Crippen MR) is 84.5 cm³/mol. The zero-order valence-electron chi connectivity index (χ0n) is 13.3. The van der Waals surface area contributed by atoms with Gasteiger partial charge < -0.3 is 15.4 Å². The topological polar surface area (TPSA) is 55.6 Å². The van der Waals surface area contributed by atoms with Crippen LogP contribution in [0.5, 0.6) is 5.75 Å². The van der Waals surface area contributed by atoms with E-state index in [1.165, 1.54) is 0 Å². The van der Waals surface area contributed by atoms with Crippen molar-refractivity contribution >= 4 is 5.91 Å². The van der Waals surface area contributed by atoms with Gasteiger partial charge in [0.25, 0.3) is 5.91 Å². The van der Waals surface area contributed by atoms with Crippen LogP contribution in [0.25, 0.3) is 0 Å². The third kappa shape index (κ3) is 3.97. The highest BCUT2D eigenvalue weighted by Crippen LogP contribution is 2.29. The van der Waals surface area contributed by atoms with Crippen molar-refractivity contribution in [2.75, 3.05) is 26.2 Å². The molecule has 1 aromatic carbocycles. The largest absolute Gasteiger partial charge is 0.493 e. The number of carbonyl (C=O) groups is 1. The van der Waals surface area contributed by atoms with Crippen LogP contribution in [0.2, 0.25) is 0 Å². The Morgan fingerprint density at radius 3 is 2.86 bits per heavy atom. The Kier molecular flexibility index (Phi) is 4.88. The van der Waals surface area contributed by atoms with E-state index >= 15 is 0 Å². The van der Waals surface area contributed by atoms with Crippen molar-refractivity contribution in [1.29, 1.82) is 0 Å². The Labute approximate surface area is 127 Å². The molecule has 1 fully saturated rings. The van der Waals surface area contributed by atoms with Gasteiger partial charge >= 0.3 is 0 Å². The summed E-state index contributed by atoms with van der Waals surface area (Å²) in [5.41, 5.74) is 6.55. The van der Waals surface area contributed by atoms with Gasteiger partial charge in [0, 0.05) is 18.7 Å². The van der Waals surface area contributed by atoms with Crippen LogP contribution in [0.4, 0.5) is 0 Å². The second-order valence-electron chi connectivity index (χ2n) is 6.72. The standard InChI is InChI=1S/C17H26N2O2/c1-13(2)10-21-15-6-4-5-14(9-15)16(20)19-8-7-17(3,11-18)12-19/h4-6,9,13H,7-8,10-12,18H2,1-3H3. The summed E-state index contributed by atoms with van der Waals surface area (Å²) >= 11 is 0. The van der Waals surface area contributed by atoms with E-state index in [1.54, 1.807) is 0 Å². The van der Waals surface area contributed by atoms with Crippen LogP contribution in [0.3, 0.4) is 0 Å². The van der Waals surface area contributed by atoms with Gasteiger partial charge in [0.15, 0.2) is 0 Å². The lowest BCUT2D eigenvalue weighted by Crippen LogP contribution is -2.34. The van der Waals surface area contributed by atoms with Gasteiger partial charge in [-0.3, -0.25) is 4.79 Å². The number of ether oxygens (including phenoxy) is 1. The van der Waals surface area contributed by atoms with Crippen molar-refractivity contribution < 1.29 is 9.53 Å². The van der Waals surface area contributed by atoms with Gasteiger partial charge in [-0.25, -0.2) is 0 Å². The molecule has 1 aliphatic heterocycles. The minimum atomic E-state index is 0.0570. The molecule has 1 unspecified atom stereocenters. The van der Waals surface area contributed by atoms with Gasteiger partial charge in [0.1, 0.15) is 5.75 Å². The van der Waals surface area contributed by atoms with E-state index in [2.05, 4.69) is 20.8 Å². The molecule has 21 heavy (non-hydrogen) atoms. The van der Waals surface area contributed by atoms with Crippen LogP contribution >= 0.6 is 0 Å². The fraction of sp³-hybridized carbons (Fsp3) is 0.588. The van der Waals surface area contributed by atoms with E-state index in [4.69, 9.17) is 10.5 Å². The Bertz CT molecular complexity index is 501. The molecule has 0 spiro atoms. The first kappa shape index (κ1) is 15.8. The Morgan fingerprint density at radius 1 is 1.48 bits per heavy atom. The number of hydrogen-bond acceptors (Lipinski definition) is 3. The summed E-state index contributed by atoms with van der Waals surface area (Å²) in [4.78, 5) is 14.5.